The molecule has 140 valence electrons. The highest BCUT2D eigenvalue weighted by molar-refractivity contribution is 5.48. The molecule has 1 saturated carbocycles. The Kier molecular flexibility index (Phi) is 4.62. The van der Waals surface area contributed by atoms with Gasteiger partial charge in [0.25, 0.3) is 0 Å². The fourth-order valence-electron chi connectivity index (χ4n) is 6.13. The topological polar surface area (TPSA) is 0 Å². The third-order valence-electron chi connectivity index (χ3n) is 7.01. The summed E-state index contributed by atoms with van der Waals surface area (Å²) >= 11 is 0. The maximum Gasteiger partial charge on any atom is 0.0319 e. The third-order valence-corrected chi connectivity index (χ3v) is 7.01. The highest BCUT2D eigenvalue weighted by Gasteiger charge is 2.56. The summed E-state index contributed by atoms with van der Waals surface area (Å²) in [7, 11) is 0. The molecule has 0 N–H and O–H groups in total. The van der Waals surface area contributed by atoms with Gasteiger partial charge in [-0.2, -0.15) is 0 Å². The minimum Gasteiger partial charge on any atom is -0.0839 e. The summed E-state index contributed by atoms with van der Waals surface area (Å²) in [5.41, 5.74) is 4.63. The molecule has 0 nitrogen and oxygen atoms in total. The van der Waals surface area contributed by atoms with Crippen molar-refractivity contribution in [3.05, 3.63) is 95.6 Å². The predicted octanol–water partition coefficient (Wildman–Crippen LogP) is 7.18. The Morgan fingerprint density at radius 2 is 1.37 bits per heavy atom. The molecule has 3 unspecified atom stereocenters. The second kappa shape index (κ2) is 6.82. The van der Waals surface area contributed by atoms with Crippen molar-refractivity contribution in [2.75, 3.05) is 0 Å². The normalized spacial score (nSPS) is 25.2. The van der Waals surface area contributed by atoms with Crippen LogP contribution in [0.1, 0.15) is 51.7 Å². The molecule has 0 saturated heterocycles. The quantitative estimate of drug-likeness (QED) is 0.546. The van der Waals surface area contributed by atoms with Gasteiger partial charge in [0.1, 0.15) is 0 Å². The fraction of sp³-hybridized carbons (Fsp3) is 0.407. The lowest BCUT2D eigenvalue weighted by atomic mass is 9.50. The Hall–Kier alpha value is -2.08. The maximum absolute atomic E-state index is 2.48. The van der Waals surface area contributed by atoms with Crippen molar-refractivity contribution in [3.8, 4) is 0 Å². The van der Waals surface area contributed by atoms with Gasteiger partial charge < -0.3 is 0 Å². The standard InChI is InChI=1S/C27H32/c1-20-19-21-13-11-12-18-24(21)25(20)27(26(2,3)4,22-14-7-5-8-15-22)23-16-9-6-10-17-23/h5-12,14-18,20-21,25H,13,19H2,1-4H3. The third kappa shape index (κ3) is 2.81. The van der Waals surface area contributed by atoms with Crippen LogP contribution in [0.15, 0.2) is 84.5 Å². The highest BCUT2D eigenvalue weighted by Crippen LogP contribution is 2.61. The second-order valence-electron chi connectivity index (χ2n) is 9.51. The molecule has 0 aliphatic heterocycles. The Morgan fingerprint density at radius 1 is 0.815 bits per heavy atom. The van der Waals surface area contributed by atoms with E-state index in [0.29, 0.717) is 17.8 Å². The van der Waals surface area contributed by atoms with Crippen LogP contribution in [0.3, 0.4) is 0 Å². The van der Waals surface area contributed by atoms with Crippen molar-refractivity contribution in [1.29, 1.82) is 0 Å². The van der Waals surface area contributed by atoms with Gasteiger partial charge >= 0.3 is 0 Å². The first-order valence-electron chi connectivity index (χ1n) is 10.4. The summed E-state index contributed by atoms with van der Waals surface area (Å²) in [5, 5.41) is 0. The number of hydrogen-bond donors (Lipinski definition) is 0. The zero-order chi connectivity index (χ0) is 19.1. The largest absolute Gasteiger partial charge is 0.0839 e. The van der Waals surface area contributed by atoms with E-state index in [1.807, 2.05) is 0 Å². The molecular weight excluding hydrogens is 324 g/mol. The van der Waals surface area contributed by atoms with Gasteiger partial charge in [0.2, 0.25) is 0 Å². The zero-order valence-corrected chi connectivity index (χ0v) is 17.2. The molecule has 0 amide bonds. The Bertz CT molecular complexity index is 793. The van der Waals surface area contributed by atoms with Gasteiger partial charge in [-0.1, -0.05) is 112 Å². The molecule has 0 radical (unpaired) electrons. The van der Waals surface area contributed by atoms with E-state index in [9.17, 15) is 0 Å². The first-order valence-corrected chi connectivity index (χ1v) is 10.4. The Labute approximate surface area is 165 Å². The van der Waals surface area contributed by atoms with Gasteiger partial charge in [-0.05, 0) is 47.1 Å². The lowest BCUT2D eigenvalue weighted by Gasteiger charge is -2.52. The van der Waals surface area contributed by atoms with Crippen molar-refractivity contribution < 1.29 is 0 Å². The van der Waals surface area contributed by atoms with Gasteiger partial charge in [0, 0.05) is 5.41 Å². The van der Waals surface area contributed by atoms with E-state index < -0.39 is 0 Å². The summed E-state index contributed by atoms with van der Waals surface area (Å²) < 4.78 is 0. The van der Waals surface area contributed by atoms with Crippen LogP contribution >= 0.6 is 0 Å². The van der Waals surface area contributed by atoms with Gasteiger partial charge in [0.05, 0.1) is 0 Å². The summed E-state index contributed by atoms with van der Waals surface area (Å²) in [5.74, 6) is 1.90. The number of fused-ring (bicyclic) bond motifs is 1. The summed E-state index contributed by atoms with van der Waals surface area (Å²) in [4.78, 5) is 0. The minimum absolute atomic E-state index is 0.0410. The molecule has 4 rings (SSSR count). The SMILES string of the molecule is CC1CC2CC=CC=C2C1C(c1ccccc1)(c1ccccc1)C(C)(C)C. The van der Waals surface area contributed by atoms with Crippen molar-refractivity contribution in [3.63, 3.8) is 0 Å². The molecule has 0 bridgehead atoms. The van der Waals surface area contributed by atoms with E-state index in [2.05, 4.69) is 107 Å². The molecule has 0 spiro atoms. The van der Waals surface area contributed by atoms with E-state index in [0.717, 1.165) is 0 Å². The molecule has 2 aromatic rings. The molecule has 0 aromatic heterocycles. The molecular formula is C27H32. The van der Waals surface area contributed by atoms with Crippen molar-refractivity contribution in [2.24, 2.45) is 23.2 Å². The van der Waals surface area contributed by atoms with E-state index in [-0.39, 0.29) is 10.8 Å². The van der Waals surface area contributed by atoms with Crippen molar-refractivity contribution >= 4 is 0 Å². The van der Waals surface area contributed by atoms with E-state index in [1.54, 1.807) is 5.57 Å². The average molecular weight is 357 g/mol. The van der Waals surface area contributed by atoms with Crippen LogP contribution in [0.2, 0.25) is 0 Å². The first-order chi connectivity index (χ1) is 13.0. The average Bonchev–Trinajstić information content (AvgIpc) is 3.00. The van der Waals surface area contributed by atoms with Gasteiger partial charge in [-0.3, -0.25) is 0 Å². The van der Waals surface area contributed by atoms with Crippen molar-refractivity contribution in [2.45, 2.75) is 46.0 Å². The van der Waals surface area contributed by atoms with Crippen molar-refractivity contribution in [1.82, 2.24) is 0 Å². The monoisotopic (exact) mass is 356 g/mol. The van der Waals surface area contributed by atoms with Crippen LogP contribution in [0, 0.1) is 23.2 Å². The summed E-state index contributed by atoms with van der Waals surface area (Å²) in [6, 6.07) is 22.6. The van der Waals surface area contributed by atoms with Crippen LogP contribution in [-0.2, 0) is 5.41 Å². The summed E-state index contributed by atoms with van der Waals surface area (Å²) in [6.07, 6.45) is 9.59. The number of allylic oxidation sites excluding steroid dienone is 4. The van der Waals surface area contributed by atoms with E-state index in [1.165, 1.54) is 24.0 Å². The van der Waals surface area contributed by atoms with Crippen LogP contribution < -0.4 is 0 Å². The predicted molar refractivity (Wildman–Crippen MR) is 116 cm³/mol. The second-order valence-corrected chi connectivity index (χ2v) is 9.51. The van der Waals surface area contributed by atoms with Gasteiger partial charge in [0.15, 0.2) is 0 Å². The molecule has 3 atom stereocenters. The molecule has 0 heterocycles. The molecule has 27 heavy (non-hydrogen) atoms. The summed E-state index contributed by atoms with van der Waals surface area (Å²) in [6.45, 7) is 9.79. The lowest BCUT2D eigenvalue weighted by Crippen LogP contribution is -2.49. The molecule has 0 heteroatoms. The lowest BCUT2D eigenvalue weighted by molar-refractivity contribution is 0.141. The first kappa shape index (κ1) is 18.3. The molecule has 2 aliphatic rings. The Balaban J connectivity index is 2.04. The number of rotatable bonds is 3. The van der Waals surface area contributed by atoms with Crippen LogP contribution in [0.25, 0.3) is 0 Å². The minimum atomic E-state index is -0.0410. The van der Waals surface area contributed by atoms with Gasteiger partial charge in [-0.15, -0.1) is 0 Å². The number of hydrogen-bond acceptors (Lipinski definition) is 0. The van der Waals surface area contributed by atoms with Crippen LogP contribution in [0.5, 0.6) is 0 Å². The molecule has 2 aromatic carbocycles. The van der Waals surface area contributed by atoms with E-state index >= 15 is 0 Å². The maximum atomic E-state index is 2.48. The molecule has 2 aliphatic carbocycles. The highest BCUT2D eigenvalue weighted by atomic mass is 14.6. The van der Waals surface area contributed by atoms with Crippen LogP contribution in [-0.4, -0.2) is 0 Å². The molecule has 1 fully saturated rings. The fourth-order valence-corrected chi connectivity index (χ4v) is 6.13. The van der Waals surface area contributed by atoms with Crippen LogP contribution in [0.4, 0.5) is 0 Å². The smallest absolute Gasteiger partial charge is 0.0319 e. The zero-order valence-electron chi connectivity index (χ0n) is 17.2. The Morgan fingerprint density at radius 3 is 1.89 bits per heavy atom. The number of benzene rings is 2. The van der Waals surface area contributed by atoms with E-state index in [4.69, 9.17) is 0 Å². The van der Waals surface area contributed by atoms with Gasteiger partial charge in [-0.25, -0.2) is 0 Å².